The first-order chi connectivity index (χ1) is 13.8. The summed E-state index contributed by atoms with van der Waals surface area (Å²) in [6, 6.07) is 8.20. The molecular formula is C23H34N4O2. The number of anilines is 2. The highest BCUT2D eigenvalue weighted by Crippen LogP contribution is 2.28. The second-order valence-corrected chi connectivity index (χ2v) is 8.68. The van der Waals surface area contributed by atoms with Crippen molar-refractivity contribution in [3.63, 3.8) is 0 Å². The average molecular weight is 399 g/mol. The molecule has 158 valence electrons. The van der Waals surface area contributed by atoms with Gasteiger partial charge in [0.2, 0.25) is 0 Å². The van der Waals surface area contributed by atoms with Gasteiger partial charge in [0, 0.05) is 25.1 Å². The molecule has 0 bridgehead atoms. The van der Waals surface area contributed by atoms with Crippen molar-refractivity contribution in [1.82, 2.24) is 9.97 Å². The van der Waals surface area contributed by atoms with Crippen molar-refractivity contribution in [1.29, 1.82) is 0 Å². The van der Waals surface area contributed by atoms with E-state index in [1.165, 1.54) is 11.1 Å². The molecule has 0 fully saturated rings. The van der Waals surface area contributed by atoms with Crippen LogP contribution < -0.4 is 10.2 Å². The topological polar surface area (TPSA) is 81.5 Å². The van der Waals surface area contributed by atoms with Gasteiger partial charge in [0.25, 0.3) is 0 Å². The Kier molecular flexibility index (Phi) is 6.75. The van der Waals surface area contributed by atoms with Crippen LogP contribution in [0.4, 0.5) is 11.6 Å². The summed E-state index contributed by atoms with van der Waals surface area (Å²) in [5.74, 6) is 3.00. The predicted molar refractivity (Wildman–Crippen MR) is 117 cm³/mol. The minimum atomic E-state index is -0.442. The van der Waals surface area contributed by atoms with Crippen LogP contribution in [0, 0.1) is 5.92 Å². The molecule has 0 aliphatic carbocycles. The number of aliphatic hydroxyl groups excluding tert-OH is 2. The number of aromatic nitrogens is 2. The summed E-state index contributed by atoms with van der Waals surface area (Å²) in [6.45, 7) is 11.9. The lowest BCUT2D eigenvalue weighted by Crippen LogP contribution is -2.33. The number of aliphatic hydroxyl groups is 2. The molecule has 0 amide bonds. The Balaban J connectivity index is 1.88. The number of rotatable bonds is 7. The average Bonchev–Trinajstić information content (AvgIpc) is 2.70. The minimum absolute atomic E-state index is 0.0428. The van der Waals surface area contributed by atoms with Crippen LogP contribution in [-0.4, -0.2) is 39.4 Å². The van der Waals surface area contributed by atoms with Gasteiger partial charge in [-0.1, -0.05) is 45.9 Å². The lowest BCUT2D eigenvalue weighted by atomic mass is 9.96. The molecule has 0 radical (unpaired) electrons. The zero-order chi connectivity index (χ0) is 21.1. The number of hydrogen-bond donors (Lipinski definition) is 3. The third-order valence-electron chi connectivity index (χ3n) is 5.63. The molecule has 0 spiro atoms. The minimum Gasteiger partial charge on any atom is -0.394 e. The first kappa shape index (κ1) is 21.5. The monoisotopic (exact) mass is 398 g/mol. The van der Waals surface area contributed by atoms with Crippen LogP contribution in [0.2, 0.25) is 0 Å². The fourth-order valence-corrected chi connectivity index (χ4v) is 3.59. The van der Waals surface area contributed by atoms with E-state index in [1.807, 2.05) is 12.1 Å². The van der Waals surface area contributed by atoms with Gasteiger partial charge in [-0.05, 0) is 36.0 Å². The van der Waals surface area contributed by atoms with Gasteiger partial charge in [-0.15, -0.1) is 0 Å². The summed E-state index contributed by atoms with van der Waals surface area (Å²) >= 11 is 0. The third-order valence-corrected chi connectivity index (χ3v) is 5.63. The summed E-state index contributed by atoms with van der Waals surface area (Å²) in [4.78, 5) is 11.8. The van der Waals surface area contributed by atoms with Crippen molar-refractivity contribution in [2.75, 3.05) is 23.4 Å². The zero-order valence-electron chi connectivity index (χ0n) is 18.2. The van der Waals surface area contributed by atoms with Crippen LogP contribution in [0.25, 0.3) is 0 Å². The molecule has 3 N–H and O–H groups in total. The Bertz CT molecular complexity index is 836. The van der Waals surface area contributed by atoms with E-state index in [2.05, 4.69) is 55.0 Å². The number of nitrogens with zero attached hydrogens (tertiary/aromatic N) is 3. The van der Waals surface area contributed by atoms with E-state index in [4.69, 9.17) is 4.98 Å². The zero-order valence-corrected chi connectivity index (χ0v) is 18.2. The van der Waals surface area contributed by atoms with Gasteiger partial charge in [-0.2, -0.15) is 0 Å². The molecular weight excluding hydrogens is 364 g/mol. The molecule has 6 nitrogen and oxygen atoms in total. The molecule has 29 heavy (non-hydrogen) atoms. The predicted octanol–water partition coefficient (Wildman–Crippen LogP) is 3.64. The molecule has 2 atom stereocenters. The van der Waals surface area contributed by atoms with Crippen molar-refractivity contribution in [3.8, 4) is 0 Å². The summed E-state index contributed by atoms with van der Waals surface area (Å²) in [6.07, 6.45) is 0.480. The molecule has 2 aromatic rings. The number of benzene rings is 1. The molecule has 1 aliphatic rings. The van der Waals surface area contributed by atoms with Gasteiger partial charge in [-0.3, -0.25) is 0 Å². The smallest absolute Gasteiger partial charge is 0.135 e. The summed E-state index contributed by atoms with van der Waals surface area (Å²) < 4.78 is 0. The second kappa shape index (κ2) is 9.09. The second-order valence-electron chi connectivity index (χ2n) is 8.68. The molecule has 0 saturated heterocycles. The summed E-state index contributed by atoms with van der Waals surface area (Å²) in [7, 11) is 0. The normalized spacial score (nSPS) is 16.1. The van der Waals surface area contributed by atoms with Gasteiger partial charge in [0.15, 0.2) is 0 Å². The van der Waals surface area contributed by atoms with Crippen molar-refractivity contribution in [2.24, 2.45) is 5.92 Å². The SMILES string of the molecule is CC(C)c1nc(N[C@H](CO)C(C)C)cc(N2CCc3cc([C@H](C)O)ccc3C2)n1. The first-order valence-corrected chi connectivity index (χ1v) is 10.6. The number of fused-ring (bicyclic) bond motifs is 1. The van der Waals surface area contributed by atoms with E-state index < -0.39 is 6.10 Å². The molecule has 1 aromatic heterocycles. The van der Waals surface area contributed by atoms with Gasteiger partial charge in [-0.25, -0.2) is 9.97 Å². The van der Waals surface area contributed by atoms with E-state index in [0.29, 0.717) is 5.92 Å². The molecule has 0 saturated carbocycles. The van der Waals surface area contributed by atoms with Gasteiger partial charge >= 0.3 is 0 Å². The van der Waals surface area contributed by atoms with Gasteiger partial charge in [0.05, 0.1) is 18.8 Å². The highest BCUT2D eigenvalue weighted by molar-refractivity contribution is 5.52. The summed E-state index contributed by atoms with van der Waals surface area (Å²) in [5, 5.41) is 22.9. The Morgan fingerprint density at radius 3 is 2.45 bits per heavy atom. The number of hydrogen-bond acceptors (Lipinski definition) is 6. The van der Waals surface area contributed by atoms with Crippen LogP contribution in [0.5, 0.6) is 0 Å². The third kappa shape index (κ3) is 5.06. The van der Waals surface area contributed by atoms with E-state index in [0.717, 1.165) is 42.5 Å². The highest BCUT2D eigenvalue weighted by atomic mass is 16.3. The van der Waals surface area contributed by atoms with Crippen molar-refractivity contribution < 1.29 is 10.2 Å². The molecule has 1 aliphatic heterocycles. The maximum Gasteiger partial charge on any atom is 0.135 e. The first-order valence-electron chi connectivity index (χ1n) is 10.6. The van der Waals surface area contributed by atoms with Crippen LogP contribution in [-0.2, 0) is 13.0 Å². The van der Waals surface area contributed by atoms with Crippen LogP contribution in [0.1, 0.15) is 69.2 Å². The van der Waals surface area contributed by atoms with Crippen molar-refractivity contribution >= 4 is 11.6 Å². The Labute approximate surface area is 174 Å². The maximum atomic E-state index is 9.85. The largest absolute Gasteiger partial charge is 0.394 e. The Morgan fingerprint density at radius 2 is 1.83 bits per heavy atom. The van der Waals surface area contributed by atoms with E-state index in [-0.39, 0.29) is 18.6 Å². The number of nitrogens with one attached hydrogen (secondary N) is 1. The quantitative estimate of drug-likeness (QED) is 0.661. The molecule has 3 rings (SSSR count). The lowest BCUT2D eigenvalue weighted by molar-refractivity contribution is 0.199. The van der Waals surface area contributed by atoms with E-state index >= 15 is 0 Å². The van der Waals surface area contributed by atoms with E-state index in [1.54, 1.807) is 6.92 Å². The summed E-state index contributed by atoms with van der Waals surface area (Å²) in [5.41, 5.74) is 3.54. The lowest BCUT2D eigenvalue weighted by Gasteiger charge is -2.31. The van der Waals surface area contributed by atoms with Gasteiger partial charge in [0.1, 0.15) is 17.5 Å². The van der Waals surface area contributed by atoms with Crippen LogP contribution in [0.15, 0.2) is 24.3 Å². The standard InChI is InChI=1S/C23H34N4O2/c1-14(2)20(13-28)24-21-11-22(26-23(25-21)15(3)4)27-9-8-18-10-17(16(5)29)6-7-19(18)12-27/h6-7,10-11,14-16,20,28-29H,8-9,12-13H2,1-5H3,(H,24,25,26)/t16-,20+/m0/s1. The molecule has 2 heterocycles. The van der Waals surface area contributed by atoms with Crippen molar-refractivity contribution in [3.05, 3.63) is 46.8 Å². The maximum absolute atomic E-state index is 9.85. The van der Waals surface area contributed by atoms with Gasteiger partial charge < -0.3 is 20.4 Å². The highest BCUT2D eigenvalue weighted by Gasteiger charge is 2.21. The van der Waals surface area contributed by atoms with E-state index in [9.17, 15) is 10.2 Å². The molecule has 0 unspecified atom stereocenters. The fourth-order valence-electron chi connectivity index (χ4n) is 3.59. The molecule has 1 aromatic carbocycles. The van der Waals surface area contributed by atoms with Crippen LogP contribution in [0.3, 0.4) is 0 Å². The van der Waals surface area contributed by atoms with Crippen LogP contribution >= 0.6 is 0 Å². The Hall–Kier alpha value is -2.18. The fraction of sp³-hybridized carbons (Fsp3) is 0.565. The molecule has 6 heteroatoms. The van der Waals surface area contributed by atoms with Crippen molar-refractivity contribution in [2.45, 2.75) is 65.6 Å². The Morgan fingerprint density at radius 1 is 1.07 bits per heavy atom.